The van der Waals surface area contributed by atoms with E-state index in [4.69, 9.17) is 14.3 Å². The van der Waals surface area contributed by atoms with Crippen molar-refractivity contribution in [2.24, 2.45) is 0 Å². The summed E-state index contributed by atoms with van der Waals surface area (Å²) < 4.78 is 10.6. The lowest BCUT2D eigenvalue weighted by molar-refractivity contribution is 0.201. The molecule has 0 aliphatic rings. The van der Waals surface area contributed by atoms with Crippen molar-refractivity contribution in [3.63, 3.8) is 0 Å². The maximum absolute atomic E-state index is 12.0. The molecule has 0 unspecified atom stereocenters. The van der Waals surface area contributed by atoms with E-state index in [1.807, 2.05) is 19.9 Å². The van der Waals surface area contributed by atoms with E-state index in [9.17, 15) is 9.90 Å². The summed E-state index contributed by atoms with van der Waals surface area (Å²) in [4.78, 5) is 12.0. The molecule has 112 valence electrons. The summed E-state index contributed by atoms with van der Waals surface area (Å²) in [5.41, 5.74) is 0.879. The zero-order chi connectivity index (χ0) is 15.4. The molecule has 0 atom stereocenters. The van der Waals surface area contributed by atoms with Gasteiger partial charge in [0.15, 0.2) is 11.3 Å². The van der Waals surface area contributed by atoms with Gasteiger partial charge in [0.25, 0.3) is 0 Å². The second-order valence-electron chi connectivity index (χ2n) is 4.91. The molecule has 0 spiro atoms. The van der Waals surface area contributed by atoms with E-state index in [1.54, 1.807) is 18.2 Å². The summed E-state index contributed by atoms with van der Waals surface area (Å²) in [6, 6.07) is 4.97. The minimum Gasteiger partial charge on any atom is -0.507 e. The highest BCUT2D eigenvalue weighted by atomic mass is 16.5. The minimum absolute atomic E-state index is 0.0864. The number of fused-ring (bicyclic) bond motifs is 1. The van der Waals surface area contributed by atoms with E-state index in [-0.39, 0.29) is 30.1 Å². The predicted octanol–water partition coefficient (Wildman–Crippen LogP) is 2.38. The first-order valence-electron chi connectivity index (χ1n) is 6.69. The van der Waals surface area contributed by atoms with Gasteiger partial charge in [-0.1, -0.05) is 17.7 Å². The van der Waals surface area contributed by atoms with Crippen LogP contribution in [-0.4, -0.2) is 23.4 Å². The van der Waals surface area contributed by atoms with Gasteiger partial charge in [0, 0.05) is 6.42 Å². The van der Waals surface area contributed by atoms with Crippen LogP contribution in [0.1, 0.15) is 19.4 Å². The standard InChI is InChI=1S/C16H18O5/c1-10(2)6-7-12-14(18)11-4-3-5-13(20-9-8-17)15(11)21-16(12)19/h3-6,17-18H,7-9H2,1-2H3. The van der Waals surface area contributed by atoms with Crippen LogP contribution in [0.5, 0.6) is 11.5 Å². The molecule has 0 aliphatic heterocycles. The Morgan fingerprint density at radius 3 is 2.81 bits per heavy atom. The predicted molar refractivity (Wildman–Crippen MR) is 79.9 cm³/mol. The van der Waals surface area contributed by atoms with Gasteiger partial charge in [0.1, 0.15) is 12.4 Å². The number of aliphatic hydroxyl groups excluding tert-OH is 1. The van der Waals surface area contributed by atoms with Crippen molar-refractivity contribution in [3.8, 4) is 11.5 Å². The van der Waals surface area contributed by atoms with Gasteiger partial charge in [0.05, 0.1) is 17.6 Å². The molecule has 1 aromatic heterocycles. The first kappa shape index (κ1) is 15.1. The van der Waals surface area contributed by atoms with E-state index < -0.39 is 5.63 Å². The van der Waals surface area contributed by atoms with Crippen LogP contribution < -0.4 is 10.4 Å². The fourth-order valence-electron chi connectivity index (χ4n) is 1.98. The highest BCUT2D eigenvalue weighted by Crippen LogP contribution is 2.32. The Morgan fingerprint density at radius 1 is 1.38 bits per heavy atom. The molecule has 1 heterocycles. The molecule has 0 radical (unpaired) electrons. The number of aromatic hydroxyl groups is 1. The molecular weight excluding hydrogens is 272 g/mol. The van der Waals surface area contributed by atoms with Crippen molar-refractivity contribution in [2.75, 3.05) is 13.2 Å². The highest BCUT2D eigenvalue weighted by molar-refractivity contribution is 5.88. The average molecular weight is 290 g/mol. The minimum atomic E-state index is -0.586. The van der Waals surface area contributed by atoms with Crippen LogP contribution in [0.4, 0.5) is 0 Å². The van der Waals surface area contributed by atoms with Crippen LogP contribution in [0.25, 0.3) is 11.0 Å². The fourth-order valence-corrected chi connectivity index (χ4v) is 1.98. The fraction of sp³-hybridized carbons (Fsp3) is 0.312. The summed E-state index contributed by atoms with van der Waals surface area (Å²) in [7, 11) is 0. The summed E-state index contributed by atoms with van der Waals surface area (Å²) in [5, 5.41) is 19.5. The number of aliphatic hydroxyl groups is 1. The lowest BCUT2D eigenvalue weighted by Gasteiger charge is -2.09. The van der Waals surface area contributed by atoms with Crippen LogP contribution in [-0.2, 0) is 6.42 Å². The number of rotatable bonds is 5. The Bertz CT molecular complexity index is 723. The zero-order valence-corrected chi connectivity index (χ0v) is 12.0. The monoisotopic (exact) mass is 290 g/mol. The third kappa shape index (κ3) is 3.25. The third-order valence-electron chi connectivity index (χ3n) is 3.02. The summed E-state index contributed by atoms with van der Waals surface area (Å²) >= 11 is 0. The molecule has 2 N–H and O–H groups in total. The lowest BCUT2D eigenvalue weighted by Crippen LogP contribution is -2.08. The Labute approximate surface area is 122 Å². The first-order chi connectivity index (χ1) is 10.0. The zero-order valence-electron chi connectivity index (χ0n) is 12.0. The summed E-state index contributed by atoms with van der Waals surface area (Å²) in [6.07, 6.45) is 2.16. The quantitative estimate of drug-likeness (QED) is 0.653. The molecule has 0 aliphatic carbocycles. The van der Waals surface area contributed by atoms with E-state index in [0.717, 1.165) is 5.57 Å². The van der Waals surface area contributed by atoms with Crippen molar-refractivity contribution < 1.29 is 19.4 Å². The molecule has 0 fully saturated rings. The van der Waals surface area contributed by atoms with E-state index in [2.05, 4.69) is 0 Å². The van der Waals surface area contributed by atoms with Crippen molar-refractivity contribution in [1.29, 1.82) is 0 Å². The van der Waals surface area contributed by atoms with Crippen molar-refractivity contribution in [2.45, 2.75) is 20.3 Å². The van der Waals surface area contributed by atoms with Crippen LogP contribution in [0.15, 0.2) is 39.1 Å². The largest absolute Gasteiger partial charge is 0.507 e. The molecule has 5 heteroatoms. The van der Waals surface area contributed by atoms with Crippen molar-refractivity contribution in [3.05, 3.63) is 45.8 Å². The summed E-state index contributed by atoms with van der Waals surface area (Å²) in [6.45, 7) is 3.77. The third-order valence-corrected chi connectivity index (χ3v) is 3.02. The molecule has 21 heavy (non-hydrogen) atoms. The van der Waals surface area contributed by atoms with Crippen LogP contribution in [0.2, 0.25) is 0 Å². The molecule has 0 saturated carbocycles. The first-order valence-corrected chi connectivity index (χ1v) is 6.69. The van der Waals surface area contributed by atoms with Crippen LogP contribution in [0.3, 0.4) is 0 Å². The Balaban J connectivity index is 2.57. The van der Waals surface area contributed by atoms with Gasteiger partial charge < -0.3 is 19.4 Å². The van der Waals surface area contributed by atoms with Gasteiger partial charge in [0.2, 0.25) is 0 Å². The second kappa shape index (κ2) is 6.45. The number of hydrogen-bond donors (Lipinski definition) is 2. The summed E-state index contributed by atoms with van der Waals surface area (Å²) in [5.74, 6) is 0.232. The SMILES string of the molecule is CC(C)=CCc1c(O)c2cccc(OCCO)c2oc1=O. The van der Waals surface area contributed by atoms with Gasteiger partial charge in [-0.25, -0.2) is 4.79 Å². The van der Waals surface area contributed by atoms with E-state index >= 15 is 0 Å². The smallest absolute Gasteiger partial charge is 0.343 e. The number of hydrogen-bond acceptors (Lipinski definition) is 5. The topological polar surface area (TPSA) is 79.9 Å². The number of para-hydroxylation sites is 1. The van der Waals surface area contributed by atoms with Gasteiger partial charge in [-0.2, -0.15) is 0 Å². The molecule has 2 rings (SSSR count). The van der Waals surface area contributed by atoms with Crippen molar-refractivity contribution in [1.82, 2.24) is 0 Å². The average Bonchev–Trinajstić information content (AvgIpc) is 2.44. The maximum Gasteiger partial charge on any atom is 0.343 e. The number of ether oxygens (including phenoxy) is 1. The van der Waals surface area contributed by atoms with Gasteiger partial charge in [-0.15, -0.1) is 0 Å². The van der Waals surface area contributed by atoms with Gasteiger partial charge >= 0.3 is 5.63 Å². The Hall–Kier alpha value is -2.27. The molecule has 0 bridgehead atoms. The van der Waals surface area contributed by atoms with E-state index in [0.29, 0.717) is 17.6 Å². The van der Waals surface area contributed by atoms with Gasteiger partial charge in [-0.3, -0.25) is 0 Å². The second-order valence-corrected chi connectivity index (χ2v) is 4.91. The molecule has 0 saturated heterocycles. The molecule has 5 nitrogen and oxygen atoms in total. The lowest BCUT2D eigenvalue weighted by atomic mass is 10.1. The van der Waals surface area contributed by atoms with Crippen LogP contribution >= 0.6 is 0 Å². The van der Waals surface area contributed by atoms with Crippen molar-refractivity contribution >= 4 is 11.0 Å². The van der Waals surface area contributed by atoms with Gasteiger partial charge in [-0.05, 0) is 26.0 Å². The molecular formula is C16H18O5. The number of benzene rings is 1. The Morgan fingerprint density at radius 2 is 2.14 bits per heavy atom. The van der Waals surface area contributed by atoms with E-state index in [1.165, 1.54) is 0 Å². The molecule has 0 amide bonds. The Kier molecular flexibility index (Phi) is 4.65. The number of allylic oxidation sites excluding steroid dienone is 2. The molecule has 1 aromatic carbocycles. The maximum atomic E-state index is 12.0. The normalized spacial score (nSPS) is 10.6. The molecule has 2 aromatic rings. The van der Waals surface area contributed by atoms with Crippen LogP contribution in [0, 0.1) is 0 Å². The highest BCUT2D eigenvalue weighted by Gasteiger charge is 2.15.